The van der Waals surface area contributed by atoms with Crippen LogP contribution in [0, 0.1) is 25.5 Å². The summed E-state index contributed by atoms with van der Waals surface area (Å²) in [6.45, 7) is 3.25. The number of aromatic nitrogens is 1. The Balaban J connectivity index is 2.48. The molecule has 1 aromatic carbocycles. The molecule has 21 heavy (non-hydrogen) atoms. The summed E-state index contributed by atoms with van der Waals surface area (Å²) in [4.78, 5) is 3.94. The Bertz CT molecular complexity index is 807. The fourth-order valence-electron chi connectivity index (χ4n) is 1.76. The Morgan fingerprint density at radius 1 is 1.19 bits per heavy atom. The number of nitrogens with one attached hydrogen (secondary N) is 1. The minimum atomic E-state index is -4.03. The van der Waals surface area contributed by atoms with Gasteiger partial charge in [-0.05, 0) is 37.6 Å². The first-order valence-electron chi connectivity index (χ1n) is 5.92. The fraction of sp³-hybridized carbons (Fsp3) is 0.154. The number of nitrogens with zero attached hydrogens (tertiary/aromatic N) is 1. The van der Waals surface area contributed by atoms with Crippen molar-refractivity contribution in [3.63, 3.8) is 0 Å². The summed E-state index contributed by atoms with van der Waals surface area (Å²) in [7, 11) is -4.03. The molecule has 1 heterocycles. The lowest BCUT2D eigenvalue weighted by Crippen LogP contribution is -2.16. The molecule has 0 spiro atoms. The van der Waals surface area contributed by atoms with Gasteiger partial charge in [-0.1, -0.05) is 0 Å². The number of nitrogens with two attached hydrogens (primary N) is 1. The first kappa shape index (κ1) is 15.2. The van der Waals surface area contributed by atoms with E-state index in [0.717, 1.165) is 12.1 Å². The van der Waals surface area contributed by atoms with E-state index in [1.54, 1.807) is 13.8 Å². The molecule has 1 aromatic heterocycles. The minimum absolute atomic E-state index is 0.0303. The Morgan fingerprint density at radius 2 is 1.86 bits per heavy atom. The largest absolute Gasteiger partial charge is 0.394 e. The molecule has 0 radical (unpaired) electrons. The maximum absolute atomic E-state index is 13.8. The predicted octanol–water partition coefficient (Wildman–Crippen LogP) is 2.36. The molecule has 3 N–H and O–H groups in total. The molecule has 2 aromatic rings. The second-order valence-corrected chi connectivity index (χ2v) is 6.10. The topological polar surface area (TPSA) is 85.1 Å². The van der Waals surface area contributed by atoms with Crippen LogP contribution in [0.15, 0.2) is 29.3 Å². The van der Waals surface area contributed by atoms with Gasteiger partial charge in [0.2, 0.25) is 0 Å². The van der Waals surface area contributed by atoms with Gasteiger partial charge in [0.15, 0.2) is 5.82 Å². The third-order valence-corrected chi connectivity index (χ3v) is 4.58. The van der Waals surface area contributed by atoms with Crippen LogP contribution in [0.4, 0.5) is 20.2 Å². The van der Waals surface area contributed by atoms with Gasteiger partial charge in [-0.3, -0.25) is 9.71 Å². The first-order chi connectivity index (χ1) is 9.74. The smallest absolute Gasteiger partial charge is 0.262 e. The predicted molar refractivity (Wildman–Crippen MR) is 75.3 cm³/mol. The summed E-state index contributed by atoms with van der Waals surface area (Å²) in [5, 5.41) is 0. The van der Waals surface area contributed by atoms with Gasteiger partial charge < -0.3 is 5.73 Å². The van der Waals surface area contributed by atoms with Gasteiger partial charge in [-0.2, -0.15) is 0 Å². The third-order valence-electron chi connectivity index (χ3n) is 3.07. The molecule has 0 saturated heterocycles. The minimum Gasteiger partial charge on any atom is -0.394 e. The SMILES string of the molecule is Cc1nccc(S(=O)(=O)Nc2ccc(F)c(N)c2F)c1C. The van der Waals surface area contributed by atoms with E-state index in [2.05, 4.69) is 9.71 Å². The molecule has 0 bridgehead atoms. The summed E-state index contributed by atoms with van der Waals surface area (Å²) < 4.78 is 53.5. The lowest BCUT2D eigenvalue weighted by molar-refractivity contribution is 0.589. The highest BCUT2D eigenvalue weighted by molar-refractivity contribution is 7.92. The number of sulfonamides is 1. The van der Waals surface area contributed by atoms with Crippen LogP contribution in [-0.4, -0.2) is 13.4 Å². The van der Waals surface area contributed by atoms with Crippen molar-refractivity contribution in [3.05, 3.63) is 47.3 Å². The second kappa shape index (κ2) is 5.28. The van der Waals surface area contributed by atoms with Crippen LogP contribution in [0.1, 0.15) is 11.3 Å². The van der Waals surface area contributed by atoms with Crippen molar-refractivity contribution >= 4 is 21.4 Å². The maximum Gasteiger partial charge on any atom is 0.262 e. The standard InChI is InChI=1S/C13H13F2N3O2S/c1-7-8(2)17-6-5-11(7)21(19,20)18-10-4-3-9(14)13(16)12(10)15/h3-6,18H,16H2,1-2H3. The van der Waals surface area contributed by atoms with E-state index < -0.39 is 33.0 Å². The van der Waals surface area contributed by atoms with Crippen molar-refractivity contribution in [1.29, 1.82) is 0 Å². The summed E-state index contributed by atoms with van der Waals surface area (Å²) in [6.07, 6.45) is 1.34. The molecule has 0 fully saturated rings. The maximum atomic E-state index is 13.8. The normalized spacial score (nSPS) is 11.4. The number of anilines is 2. The number of hydrogen-bond acceptors (Lipinski definition) is 4. The second-order valence-electron chi connectivity index (χ2n) is 4.45. The average Bonchev–Trinajstić information content (AvgIpc) is 2.42. The van der Waals surface area contributed by atoms with Crippen molar-refractivity contribution in [2.75, 3.05) is 10.5 Å². The van der Waals surface area contributed by atoms with E-state index in [0.29, 0.717) is 11.3 Å². The van der Waals surface area contributed by atoms with Gasteiger partial charge in [0.1, 0.15) is 11.5 Å². The number of nitrogen functional groups attached to an aromatic ring is 1. The number of rotatable bonds is 3. The molecule has 0 aliphatic rings. The highest BCUT2D eigenvalue weighted by atomic mass is 32.2. The van der Waals surface area contributed by atoms with E-state index in [9.17, 15) is 17.2 Å². The molecule has 0 aliphatic heterocycles. The van der Waals surface area contributed by atoms with Gasteiger partial charge in [0.25, 0.3) is 10.0 Å². The Labute approximate surface area is 120 Å². The lowest BCUT2D eigenvalue weighted by atomic mass is 10.2. The van der Waals surface area contributed by atoms with Gasteiger partial charge in [-0.25, -0.2) is 17.2 Å². The van der Waals surface area contributed by atoms with E-state index >= 15 is 0 Å². The molecule has 0 atom stereocenters. The summed E-state index contributed by atoms with van der Waals surface area (Å²) in [5.41, 5.74) is 5.03. The van der Waals surface area contributed by atoms with Crippen molar-refractivity contribution < 1.29 is 17.2 Å². The van der Waals surface area contributed by atoms with Gasteiger partial charge in [-0.15, -0.1) is 0 Å². The highest BCUT2D eigenvalue weighted by Gasteiger charge is 2.21. The zero-order valence-electron chi connectivity index (χ0n) is 11.3. The Kier molecular flexibility index (Phi) is 3.82. The van der Waals surface area contributed by atoms with Gasteiger partial charge in [0.05, 0.1) is 10.6 Å². The Morgan fingerprint density at radius 3 is 2.52 bits per heavy atom. The van der Waals surface area contributed by atoms with Crippen molar-refractivity contribution in [1.82, 2.24) is 4.98 Å². The van der Waals surface area contributed by atoms with Crippen molar-refractivity contribution in [2.24, 2.45) is 0 Å². The number of halogens is 2. The highest BCUT2D eigenvalue weighted by Crippen LogP contribution is 2.26. The molecule has 112 valence electrons. The summed E-state index contributed by atoms with van der Waals surface area (Å²) in [6, 6.07) is 3.17. The Hall–Kier alpha value is -2.22. The molecule has 5 nitrogen and oxygen atoms in total. The lowest BCUT2D eigenvalue weighted by Gasteiger charge is -2.12. The number of benzene rings is 1. The molecule has 8 heteroatoms. The van der Waals surface area contributed by atoms with Crippen molar-refractivity contribution in [2.45, 2.75) is 18.7 Å². The van der Waals surface area contributed by atoms with E-state index in [-0.39, 0.29) is 4.90 Å². The van der Waals surface area contributed by atoms with Crippen molar-refractivity contribution in [3.8, 4) is 0 Å². The number of pyridine rings is 1. The van der Waals surface area contributed by atoms with E-state index in [1.165, 1.54) is 12.3 Å². The molecular formula is C13H13F2N3O2S. The van der Waals surface area contributed by atoms with Gasteiger partial charge >= 0.3 is 0 Å². The molecule has 0 amide bonds. The van der Waals surface area contributed by atoms with E-state index in [4.69, 9.17) is 5.73 Å². The number of hydrogen-bond donors (Lipinski definition) is 2. The van der Waals surface area contributed by atoms with Crippen LogP contribution in [-0.2, 0) is 10.0 Å². The van der Waals surface area contributed by atoms with Gasteiger partial charge in [0, 0.05) is 11.9 Å². The quantitative estimate of drug-likeness (QED) is 0.852. The molecule has 0 saturated carbocycles. The van der Waals surface area contributed by atoms with Crippen LogP contribution in [0.5, 0.6) is 0 Å². The molecule has 0 aliphatic carbocycles. The molecular weight excluding hydrogens is 300 g/mol. The van der Waals surface area contributed by atoms with Crippen LogP contribution < -0.4 is 10.5 Å². The zero-order chi connectivity index (χ0) is 15.8. The zero-order valence-corrected chi connectivity index (χ0v) is 12.1. The van der Waals surface area contributed by atoms with Crippen LogP contribution in [0.3, 0.4) is 0 Å². The monoisotopic (exact) mass is 313 g/mol. The van der Waals surface area contributed by atoms with Crippen LogP contribution in [0.25, 0.3) is 0 Å². The first-order valence-corrected chi connectivity index (χ1v) is 7.41. The molecule has 2 rings (SSSR count). The summed E-state index contributed by atoms with van der Waals surface area (Å²) >= 11 is 0. The summed E-state index contributed by atoms with van der Waals surface area (Å²) in [5.74, 6) is -2.10. The average molecular weight is 313 g/mol. The van der Waals surface area contributed by atoms with Crippen LogP contribution in [0.2, 0.25) is 0 Å². The third kappa shape index (κ3) is 2.80. The molecule has 0 unspecified atom stereocenters. The fourth-order valence-corrected chi connectivity index (χ4v) is 3.10. The van der Waals surface area contributed by atoms with Crippen LogP contribution >= 0.6 is 0 Å². The van der Waals surface area contributed by atoms with E-state index in [1.807, 2.05) is 0 Å². The number of aryl methyl sites for hydroxylation is 1.